The standard InChI is InChI=1S/C22H25FN4O2S2/c1-15-24-20-12-19(6-7-21(20)31-15)29-14-18(28)13-26-8-10-27(11-9-26)22(30)25-17-4-2-16(23)3-5-17/h2-7,12,18,28H,8-11,13-14H2,1H3,(H,25,30)/t18-/m1/s1. The third-order valence-corrected chi connectivity index (χ3v) is 6.44. The summed E-state index contributed by atoms with van der Waals surface area (Å²) >= 11 is 7.13. The van der Waals surface area contributed by atoms with Crippen molar-refractivity contribution in [2.45, 2.75) is 13.0 Å². The number of aryl methyl sites for hydroxylation is 1. The minimum absolute atomic E-state index is 0.235. The summed E-state index contributed by atoms with van der Waals surface area (Å²) < 4.78 is 19.9. The van der Waals surface area contributed by atoms with Crippen molar-refractivity contribution in [3.05, 3.63) is 53.3 Å². The van der Waals surface area contributed by atoms with Crippen LogP contribution in [-0.2, 0) is 0 Å². The zero-order chi connectivity index (χ0) is 21.8. The molecule has 1 aliphatic heterocycles. The van der Waals surface area contributed by atoms with Gasteiger partial charge in [-0.2, -0.15) is 0 Å². The Morgan fingerprint density at radius 3 is 2.71 bits per heavy atom. The first-order valence-electron chi connectivity index (χ1n) is 10.2. The quantitative estimate of drug-likeness (QED) is 0.546. The maximum absolute atomic E-state index is 13.0. The van der Waals surface area contributed by atoms with Crippen LogP contribution < -0.4 is 10.1 Å². The SMILES string of the molecule is Cc1nc2cc(OC[C@H](O)CN3CCN(C(=S)Nc4ccc(F)cc4)CC3)ccc2s1. The molecular formula is C22H25FN4O2S2. The van der Waals surface area contributed by atoms with Crippen molar-refractivity contribution in [3.8, 4) is 5.75 Å². The van der Waals surface area contributed by atoms with Crippen LogP contribution in [0.15, 0.2) is 42.5 Å². The summed E-state index contributed by atoms with van der Waals surface area (Å²) in [6.45, 7) is 5.89. The van der Waals surface area contributed by atoms with Crippen molar-refractivity contribution in [2.75, 3.05) is 44.6 Å². The lowest BCUT2D eigenvalue weighted by molar-refractivity contribution is 0.0559. The normalized spacial score (nSPS) is 15.8. The summed E-state index contributed by atoms with van der Waals surface area (Å²) in [5.41, 5.74) is 1.70. The van der Waals surface area contributed by atoms with Crippen LogP contribution in [0.1, 0.15) is 5.01 Å². The fourth-order valence-electron chi connectivity index (χ4n) is 3.52. The van der Waals surface area contributed by atoms with Gasteiger partial charge in [-0.3, -0.25) is 4.90 Å². The van der Waals surface area contributed by atoms with Gasteiger partial charge in [-0.25, -0.2) is 9.37 Å². The summed E-state index contributed by atoms with van der Waals surface area (Å²) in [6.07, 6.45) is -0.580. The van der Waals surface area contributed by atoms with Crippen LogP contribution in [0.2, 0.25) is 0 Å². The Labute approximate surface area is 190 Å². The molecule has 2 heterocycles. The summed E-state index contributed by atoms with van der Waals surface area (Å²) in [5.74, 6) is 0.449. The Kier molecular flexibility index (Phi) is 6.96. The van der Waals surface area contributed by atoms with E-state index in [0.717, 1.165) is 52.8 Å². The van der Waals surface area contributed by atoms with Crippen LogP contribution >= 0.6 is 23.6 Å². The second-order valence-corrected chi connectivity index (χ2v) is 9.17. The molecule has 0 amide bonds. The molecule has 0 saturated carbocycles. The van der Waals surface area contributed by atoms with Gasteiger partial charge in [-0.15, -0.1) is 11.3 Å². The number of piperazine rings is 1. The summed E-state index contributed by atoms with van der Waals surface area (Å²) in [5, 5.41) is 15.2. The van der Waals surface area contributed by atoms with Crippen LogP contribution in [0.25, 0.3) is 10.2 Å². The summed E-state index contributed by atoms with van der Waals surface area (Å²) in [6, 6.07) is 12.0. The molecule has 9 heteroatoms. The predicted octanol–water partition coefficient (Wildman–Crippen LogP) is 3.50. The first-order chi connectivity index (χ1) is 15.0. The number of nitrogens with one attached hydrogen (secondary N) is 1. The van der Waals surface area contributed by atoms with E-state index in [4.69, 9.17) is 17.0 Å². The van der Waals surface area contributed by atoms with E-state index < -0.39 is 6.10 Å². The molecule has 0 radical (unpaired) electrons. The van der Waals surface area contributed by atoms with Gasteiger partial charge in [0, 0.05) is 44.5 Å². The molecule has 164 valence electrons. The highest BCUT2D eigenvalue weighted by Crippen LogP contribution is 2.25. The molecule has 4 rings (SSSR count). The molecule has 0 spiro atoms. The minimum atomic E-state index is -0.580. The largest absolute Gasteiger partial charge is 0.491 e. The number of benzene rings is 2. The third-order valence-electron chi connectivity index (χ3n) is 5.13. The maximum Gasteiger partial charge on any atom is 0.173 e. The van der Waals surface area contributed by atoms with Crippen LogP contribution in [0.3, 0.4) is 0 Å². The Bertz CT molecular complexity index is 1040. The maximum atomic E-state index is 13.0. The third kappa shape index (κ3) is 5.88. The van der Waals surface area contributed by atoms with Crippen LogP contribution in [-0.4, -0.2) is 70.4 Å². The van der Waals surface area contributed by atoms with E-state index in [0.29, 0.717) is 11.7 Å². The molecule has 6 nitrogen and oxygen atoms in total. The Hall–Kier alpha value is -2.33. The predicted molar refractivity (Wildman–Crippen MR) is 126 cm³/mol. The lowest BCUT2D eigenvalue weighted by Gasteiger charge is -2.36. The molecular weight excluding hydrogens is 435 g/mol. The van der Waals surface area contributed by atoms with Crippen molar-refractivity contribution in [3.63, 3.8) is 0 Å². The number of nitrogens with zero attached hydrogens (tertiary/aromatic N) is 3. The number of thiocarbonyl (C=S) groups is 1. The van der Waals surface area contributed by atoms with Gasteiger partial charge in [-0.1, -0.05) is 0 Å². The van der Waals surface area contributed by atoms with E-state index in [2.05, 4.69) is 20.1 Å². The van der Waals surface area contributed by atoms with Gasteiger partial charge in [0.05, 0.1) is 15.2 Å². The fraction of sp³-hybridized carbons (Fsp3) is 0.364. The average Bonchev–Trinajstić information content (AvgIpc) is 3.13. The van der Waals surface area contributed by atoms with E-state index in [1.165, 1.54) is 12.1 Å². The van der Waals surface area contributed by atoms with Crippen molar-refractivity contribution < 1.29 is 14.2 Å². The second kappa shape index (κ2) is 9.86. The average molecular weight is 461 g/mol. The number of halogens is 1. The van der Waals surface area contributed by atoms with Gasteiger partial charge >= 0.3 is 0 Å². The molecule has 1 fully saturated rings. The van der Waals surface area contributed by atoms with E-state index >= 15 is 0 Å². The van der Waals surface area contributed by atoms with Crippen molar-refractivity contribution in [1.82, 2.24) is 14.8 Å². The highest BCUT2D eigenvalue weighted by Gasteiger charge is 2.21. The topological polar surface area (TPSA) is 60.9 Å². The van der Waals surface area contributed by atoms with Gasteiger partial charge in [-0.05, 0) is 55.5 Å². The molecule has 1 saturated heterocycles. The van der Waals surface area contributed by atoms with E-state index in [1.54, 1.807) is 23.5 Å². The Balaban J connectivity index is 1.19. The van der Waals surface area contributed by atoms with E-state index in [-0.39, 0.29) is 12.4 Å². The monoisotopic (exact) mass is 460 g/mol. The van der Waals surface area contributed by atoms with Crippen molar-refractivity contribution >= 4 is 44.6 Å². The number of ether oxygens (including phenoxy) is 1. The van der Waals surface area contributed by atoms with Crippen molar-refractivity contribution in [2.24, 2.45) is 0 Å². The van der Waals surface area contributed by atoms with E-state index in [1.807, 2.05) is 25.1 Å². The molecule has 2 aromatic carbocycles. The number of rotatable bonds is 6. The number of hydrogen-bond acceptors (Lipinski definition) is 6. The van der Waals surface area contributed by atoms with E-state index in [9.17, 15) is 9.50 Å². The van der Waals surface area contributed by atoms with Crippen LogP contribution in [0, 0.1) is 12.7 Å². The van der Waals surface area contributed by atoms with Crippen LogP contribution in [0.5, 0.6) is 5.75 Å². The van der Waals surface area contributed by atoms with Gasteiger partial charge in [0.15, 0.2) is 5.11 Å². The lowest BCUT2D eigenvalue weighted by atomic mass is 10.2. The molecule has 0 bridgehead atoms. The Morgan fingerprint density at radius 1 is 1.23 bits per heavy atom. The van der Waals surface area contributed by atoms with Gasteiger partial charge in [0.25, 0.3) is 0 Å². The van der Waals surface area contributed by atoms with Gasteiger partial charge in [0.1, 0.15) is 24.3 Å². The van der Waals surface area contributed by atoms with Gasteiger partial charge < -0.3 is 20.1 Å². The minimum Gasteiger partial charge on any atom is -0.491 e. The summed E-state index contributed by atoms with van der Waals surface area (Å²) in [7, 11) is 0. The fourth-order valence-corrected chi connectivity index (χ4v) is 4.63. The van der Waals surface area contributed by atoms with Crippen molar-refractivity contribution in [1.29, 1.82) is 0 Å². The first kappa shape index (κ1) is 21.9. The molecule has 1 atom stereocenters. The Morgan fingerprint density at radius 2 is 1.97 bits per heavy atom. The molecule has 1 aliphatic rings. The molecule has 2 N–H and O–H groups in total. The highest BCUT2D eigenvalue weighted by atomic mass is 32.1. The zero-order valence-electron chi connectivity index (χ0n) is 17.3. The zero-order valence-corrected chi connectivity index (χ0v) is 18.9. The molecule has 0 aliphatic carbocycles. The molecule has 1 aromatic heterocycles. The number of aliphatic hydroxyl groups is 1. The van der Waals surface area contributed by atoms with Crippen LogP contribution in [0.4, 0.5) is 10.1 Å². The number of hydrogen-bond donors (Lipinski definition) is 2. The smallest absolute Gasteiger partial charge is 0.173 e. The number of fused-ring (bicyclic) bond motifs is 1. The number of anilines is 1. The number of thiazole rings is 1. The number of aromatic nitrogens is 1. The van der Waals surface area contributed by atoms with Gasteiger partial charge in [0.2, 0.25) is 0 Å². The first-order valence-corrected chi connectivity index (χ1v) is 11.4. The molecule has 0 unspecified atom stereocenters. The highest BCUT2D eigenvalue weighted by molar-refractivity contribution is 7.80. The second-order valence-electron chi connectivity index (χ2n) is 7.55. The lowest BCUT2D eigenvalue weighted by Crippen LogP contribution is -2.51. The summed E-state index contributed by atoms with van der Waals surface area (Å²) in [4.78, 5) is 8.77. The molecule has 31 heavy (non-hydrogen) atoms. The number of β-amino-alcohol motifs (C(OH)–C–C–N with tert-alkyl or cyclic N) is 1. The number of aliphatic hydroxyl groups excluding tert-OH is 1. The molecule has 3 aromatic rings.